The Labute approximate surface area is 159 Å². The maximum atomic E-state index is 13.2. The molecule has 3 nitrogen and oxygen atoms in total. The van der Waals surface area contributed by atoms with Crippen molar-refractivity contribution in [1.29, 1.82) is 0 Å². The normalized spacial score (nSPS) is 21.9. The lowest BCUT2D eigenvalue weighted by Gasteiger charge is -2.34. The van der Waals surface area contributed by atoms with Gasteiger partial charge in [-0.1, -0.05) is 23.7 Å². The van der Waals surface area contributed by atoms with Crippen LogP contribution in [0.3, 0.4) is 0 Å². The van der Waals surface area contributed by atoms with Crippen LogP contribution in [0.5, 0.6) is 0 Å². The fourth-order valence-electron chi connectivity index (χ4n) is 2.94. The zero-order chi connectivity index (χ0) is 19.6. The molecule has 27 heavy (non-hydrogen) atoms. The average molecular weight is 404 g/mol. The summed E-state index contributed by atoms with van der Waals surface area (Å²) in [6.07, 6.45) is -5.94. The number of halogens is 5. The highest BCUT2D eigenvalue weighted by atomic mass is 35.5. The van der Waals surface area contributed by atoms with Gasteiger partial charge < -0.3 is 14.8 Å². The molecule has 1 aliphatic heterocycles. The third-order valence-corrected chi connectivity index (χ3v) is 4.52. The maximum Gasteiger partial charge on any atom is 0.416 e. The van der Waals surface area contributed by atoms with Crippen molar-refractivity contribution in [2.45, 2.75) is 31.5 Å². The van der Waals surface area contributed by atoms with Crippen LogP contribution in [-0.2, 0) is 15.7 Å². The number of alkyl halides is 3. The molecule has 1 N–H and O–H groups in total. The third-order valence-electron chi connectivity index (χ3n) is 4.30. The minimum absolute atomic E-state index is 0.0203. The van der Waals surface area contributed by atoms with E-state index in [2.05, 4.69) is 5.32 Å². The van der Waals surface area contributed by atoms with Gasteiger partial charge >= 0.3 is 6.18 Å². The average Bonchev–Trinajstić information content (AvgIpc) is 2.62. The summed E-state index contributed by atoms with van der Waals surface area (Å²) in [7, 11) is 0. The van der Waals surface area contributed by atoms with E-state index in [-0.39, 0.29) is 16.9 Å². The minimum Gasteiger partial charge on any atom is -0.349 e. The lowest BCUT2D eigenvalue weighted by atomic mass is 10.0. The van der Waals surface area contributed by atoms with Gasteiger partial charge in [0.25, 0.3) is 0 Å². The molecule has 1 fully saturated rings. The number of ether oxygens (including phenoxy) is 2. The Hall–Kier alpha value is -1.67. The molecule has 2 aromatic carbocycles. The fraction of sp³-hybridized carbons (Fsp3) is 0.368. The van der Waals surface area contributed by atoms with Crippen molar-refractivity contribution in [2.75, 3.05) is 13.2 Å². The van der Waals surface area contributed by atoms with Crippen molar-refractivity contribution in [2.24, 2.45) is 0 Å². The van der Waals surface area contributed by atoms with Crippen molar-refractivity contribution in [1.82, 2.24) is 5.32 Å². The van der Waals surface area contributed by atoms with Crippen LogP contribution in [0, 0.1) is 5.82 Å². The molecule has 1 heterocycles. The van der Waals surface area contributed by atoms with Crippen LogP contribution in [0.15, 0.2) is 42.5 Å². The summed E-state index contributed by atoms with van der Waals surface area (Å²) in [6, 6.07) is 8.84. The molecule has 0 radical (unpaired) electrons. The van der Waals surface area contributed by atoms with Gasteiger partial charge in [-0.3, -0.25) is 0 Å². The molecular formula is C19H18ClF4NO2. The molecule has 146 valence electrons. The second-order valence-electron chi connectivity index (χ2n) is 6.27. The van der Waals surface area contributed by atoms with Gasteiger partial charge in [-0.2, -0.15) is 13.2 Å². The Bertz CT molecular complexity index is 782. The van der Waals surface area contributed by atoms with Crippen LogP contribution in [-0.4, -0.2) is 19.4 Å². The van der Waals surface area contributed by atoms with Crippen molar-refractivity contribution in [3.8, 4) is 0 Å². The topological polar surface area (TPSA) is 30.5 Å². The van der Waals surface area contributed by atoms with Crippen LogP contribution < -0.4 is 5.32 Å². The molecule has 0 aliphatic carbocycles. The molecule has 3 atom stereocenters. The van der Waals surface area contributed by atoms with E-state index in [1.165, 1.54) is 18.2 Å². The van der Waals surface area contributed by atoms with Gasteiger partial charge in [-0.05, 0) is 48.4 Å². The largest absolute Gasteiger partial charge is 0.416 e. The first-order valence-electron chi connectivity index (χ1n) is 8.37. The molecule has 2 aromatic rings. The Morgan fingerprint density at radius 2 is 1.89 bits per heavy atom. The van der Waals surface area contributed by atoms with Gasteiger partial charge in [0, 0.05) is 11.6 Å². The molecule has 0 spiro atoms. The molecule has 1 aliphatic rings. The summed E-state index contributed by atoms with van der Waals surface area (Å²) in [5.74, 6) is -0.361. The molecule has 0 aromatic heterocycles. The smallest absolute Gasteiger partial charge is 0.349 e. The summed E-state index contributed by atoms with van der Waals surface area (Å²) >= 11 is 5.85. The van der Waals surface area contributed by atoms with Gasteiger partial charge in [0.15, 0.2) is 6.29 Å². The van der Waals surface area contributed by atoms with Gasteiger partial charge in [-0.25, -0.2) is 4.39 Å². The highest BCUT2D eigenvalue weighted by molar-refractivity contribution is 6.30. The number of nitrogens with one attached hydrogen (secondary N) is 1. The number of rotatable bonds is 4. The van der Waals surface area contributed by atoms with E-state index in [9.17, 15) is 17.6 Å². The number of benzene rings is 2. The number of morpholine rings is 1. The molecule has 0 amide bonds. The van der Waals surface area contributed by atoms with Crippen LogP contribution in [0.25, 0.3) is 0 Å². The SMILES string of the molecule is C[C@@H](OC1OCCNC1c1ccc(F)cc1)c1cc(Cl)cc(C(F)(F)F)c1. The van der Waals surface area contributed by atoms with Crippen molar-refractivity contribution >= 4 is 11.6 Å². The first-order valence-corrected chi connectivity index (χ1v) is 8.75. The van der Waals surface area contributed by atoms with E-state index in [1.54, 1.807) is 19.1 Å². The highest BCUT2D eigenvalue weighted by Gasteiger charge is 2.33. The van der Waals surface area contributed by atoms with Crippen molar-refractivity contribution in [3.05, 3.63) is 70.0 Å². The molecule has 0 bridgehead atoms. The van der Waals surface area contributed by atoms with E-state index in [1.807, 2.05) is 0 Å². The number of hydrogen-bond donors (Lipinski definition) is 1. The second-order valence-corrected chi connectivity index (χ2v) is 6.71. The van der Waals surface area contributed by atoms with Crippen LogP contribution in [0.2, 0.25) is 5.02 Å². The predicted octanol–water partition coefficient (Wildman–Crippen LogP) is 5.26. The molecule has 2 unspecified atom stereocenters. The summed E-state index contributed by atoms with van der Waals surface area (Å²) in [5, 5.41) is 3.21. The summed E-state index contributed by atoms with van der Waals surface area (Å²) < 4.78 is 63.8. The fourth-order valence-corrected chi connectivity index (χ4v) is 3.18. The summed E-state index contributed by atoms with van der Waals surface area (Å²) in [5.41, 5.74) is 0.218. The molecule has 1 saturated heterocycles. The summed E-state index contributed by atoms with van der Waals surface area (Å²) in [4.78, 5) is 0. The maximum absolute atomic E-state index is 13.2. The van der Waals surface area contributed by atoms with Crippen molar-refractivity contribution < 1.29 is 27.0 Å². The van der Waals surface area contributed by atoms with Crippen LogP contribution in [0.4, 0.5) is 17.6 Å². The zero-order valence-corrected chi connectivity index (χ0v) is 15.1. The third kappa shape index (κ3) is 4.99. The van der Waals surface area contributed by atoms with Gasteiger partial charge in [0.05, 0.1) is 24.3 Å². The molecular weight excluding hydrogens is 386 g/mol. The quantitative estimate of drug-likeness (QED) is 0.706. The van der Waals surface area contributed by atoms with Crippen LogP contribution >= 0.6 is 11.6 Å². The number of hydrogen-bond acceptors (Lipinski definition) is 3. The van der Waals surface area contributed by atoms with Gasteiger partial charge in [-0.15, -0.1) is 0 Å². The van der Waals surface area contributed by atoms with Crippen LogP contribution in [0.1, 0.15) is 35.8 Å². The Morgan fingerprint density at radius 3 is 2.56 bits per heavy atom. The minimum atomic E-state index is -4.50. The standard InChI is InChI=1S/C19H18ClF4NO2/c1-11(13-8-14(19(22,23)24)10-15(20)9-13)27-18-17(25-6-7-26-18)12-2-4-16(21)5-3-12/h2-5,8-11,17-18,25H,6-7H2,1H3/t11-,17?,18?/m1/s1. The second kappa shape index (κ2) is 8.14. The Balaban J connectivity index is 1.80. The van der Waals surface area contributed by atoms with E-state index >= 15 is 0 Å². The van der Waals surface area contributed by atoms with E-state index in [4.69, 9.17) is 21.1 Å². The Morgan fingerprint density at radius 1 is 1.19 bits per heavy atom. The Kier molecular flexibility index (Phi) is 6.05. The predicted molar refractivity (Wildman–Crippen MR) is 92.8 cm³/mol. The monoisotopic (exact) mass is 403 g/mol. The molecule has 0 saturated carbocycles. The van der Waals surface area contributed by atoms with E-state index in [0.29, 0.717) is 18.7 Å². The first kappa shape index (κ1) is 20.1. The van der Waals surface area contributed by atoms with Gasteiger partial charge in [0.2, 0.25) is 0 Å². The first-order chi connectivity index (χ1) is 12.7. The molecule has 8 heteroatoms. The highest BCUT2D eigenvalue weighted by Crippen LogP contribution is 2.35. The van der Waals surface area contributed by atoms with E-state index in [0.717, 1.165) is 17.7 Å². The zero-order valence-electron chi connectivity index (χ0n) is 14.4. The lowest BCUT2D eigenvalue weighted by Crippen LogP contribution is -2.43. The lowest BCUT2D eigenvalue weighted by molar-refractivity contribution is -0.200. The van der Waals surface area contributed by atoms with Gasteiger partial charge in [0.1, 0.15) is 5.82 Å². The summed E-state index contributed by atoms with van der Waals surface area (Å²) in [6.45, 7) is 2.59. The van der Waals surface area contributed by atoms with E-state index < -0.39 is 24.1 Å². The van der Waals surface area contributed by atoms with Crippen molar-refractivity contribution in [3.63, 3.8) is 0 Å². The molecule has 3 rings (SSSR count).